The van der Waals surface area contributed by atoms with Crippen LogP contribution in [0.4, 0.5) is 0 Å². The van der Waals surface area contributed by atoms with Crippen LogP contribution >= 0.6 is 9.23 Å². The van der Waals surface area contributed by atoms with Gasteiger partial charge in [0.1, 0.15) is 0 Å². The molecule has 0 aliphatic rings. The van der Waals surface area contributed by atoms with Gasteiger partial charge in [-0.05, 0) is 0 Å². The third-order valence-corrected chi connectivity index (χ3v) is 2.81. The number of hydrogen-bond donors (Lipinski definition) is 0. The second-order valence-electron chi connectivity index (χ2n) is 2.07. The van der Waals surface area contributed by atoms with Gasteiger partial charge in [-0.1, -0.05) is 0 Å². The summed E-state index contributed by atoms with van der Waals surface area (Å²) in [5.41, 5.74) is 0. The summed E-state index contributed by atoms with van der Waals surface area (Å²) in [4.78, 5) is 0. The van der Waals surface area contributed by atoms with E-state index in [1.165, 1.54) is 9.23 Å². The van der Waals surface area contributed by atoms with E-state index in [0.29, 0.717) is 0 Å². The minimum atomic E-state index is 0.971. The van der Waals surface area contributed by atoms with Crippen LogP contribution in [0.25, 0.3) is 0 Å². The third kappa shape index (κ3) is 1.29. The van der Waals surface area contributed by atoms with E-state index in [2.05, 4.69) is 24.8 Å². The minimum absolute atomic E-state index is 0.971. The Hall–Kier alpha value is 0.230. The fraction of sp³-hybridized carbons (Fsp3) is 0.600. The van der Waals surface area contributed by atoms with E-state index in [1.54, 1.807) is 0 Å². The first-order valence-electron chi connectivity index (χ1n) is 2.82. The quantitative estimate of drug-likeness (QED) is 0.522. The molecule has 0 fully saturated rings. The molecule has 0 unspecified atom stereocenters. The van der Waals surface area contributed by atoms with Crippen LogP contribution in [0.15, 0.2) is 5.16 Å². The molecule has 0 radical (unpaired) electrons. The van der Waals surface area contributed by atoms with Crippen LogP contribution in [0.3, 0.4) is 0 Å². The SMILES string of the molecule is Cc1n(C)c([S][Ag])n[n+]1C. The molecule has 0 N–H and O–H groups in total. The average molecular weight is 251 g/mol. The first-order chi connectivity index (χ1) is 4.66. The Morgan fingerprint density at radius 3 is 2.50 bits per heavy atom. The van der Waals surface area contributed by atoms with Crippen LogP contribution in [0.5, 0.6) is 0 Å². The Balaban J connectivity index is 3.17. The molecule has 1 aromatic rings. The van der Waals surface area contributed by atoms with Crippen molar-refractivity contribution in [2.45, 2.75) is 12.1 Å². The van der Waals surface area contributed by atoms with Gasteiger partial charge in [-0.25, -0.2) is 0 Å². The normalized spacial score (nSPS) is 10.5. The number of rotatable bonds is 1. The molecule has 0 aliphatic heterocycles. The maximum atomic E-state index is 4.22. The maximum absolute atomic E-state index is 4.22. The van der Waals surface area contributed by atoms with E-state index in [1.807, 2.05) is 30.3 Å². The van der Waals surface area contributed by atoms with Crippen LogP contribution in [0.1, 0.15) is 5.82 Å². The van der Waals surface area contributed by atoms with E-state index in [-0.39, 0.29) is 0 Å². The topological polar surface area (TPSA) is 21.7 Å². The van der Waals surface area contributed by atoms with Gasteiger partial charge >= 0.3 is 75.3 Å². The predicted molar refractivity (Wildman–Crippen MR) is 35.0 cm³/mol. The number of hydrogen-bond acceptors (Lipinski definition) is 2. The summed E-state index contributed by atoms with van der Waals surface area (Å²) in [5.74, 6) is 1.14. The Labute approximate surface area is 75.3 Å². The molecule has 3 nitrogen and oxygen atoms in total. The second-order valence-corrected chi connectivity index (χ2v) is 3.47. The molecule has 0 atom stereocenters. The van der Waals surface area contributed by atoms with Gasteiger partial charge in [0, 0.05) is 0 Å². The van der Waals surface area contributed by atoms with Crippen molar-refractivity contribution in [2.24, 2.45) is 14.1 Å². The monoisotopic (exact) mass is 250 g/mol. The zero-order valence-electron chi connectivity index (χ0n) is 6.05. The molecule has 5 heteroatoms. The van der Waals surface area contributed by atoms with Gasteiger partial charge in [-0.2, -0.15) is 0 Å². The van der Waals surface area contributed by atoms with Crippen molar-refractivity contribution in [2.75, 3.05) is 0 Å². The van der Waals surface area contributed by atoms with E-state index < -0.39 is 0 Å². The third-order valence-electron chi connectivity index (χ3n) is 1.53. The molecule has 1 aromatic heterocycles. The van der Waals surface area contributed by atoms with Gasteiger partial charge in [-0.15, -0.1) is 0 Å². The van der Waals surface area contributed by atoms with Crippen LogP contribution in [-0.2, 0) is 33.8 Å². The second kappa shape index (κ2) is 3.09. The fourth-order valence-corrected chi connectivity index (χ4v) is 1.83. The molecule has 0 amide bonds. The molecular weight excluding hydrogens is 242 g/mol. The number of nitrogens with zero attached hydrogens (tertiary/aromatic N) is 3. The molecule has 0 aliphatic carbocycles. The standard InChI is InChI=1S/C5H9N3S.Ag/c1-4-7(2)5(9)6-8(4)3;/h1-3H3;/q;+1. The average Bonchev–Trinajstić information content (AvgIpc) is 2.17. The van der Waals surface area contributed by atoms with Crippen LogP contribution < -0.4 is 4.68 Å². The molecule has 0 saturated heterocycles. The van der Waals surface area contributed by atoms with Gasteiger partial charge in [0.25, 0.3) is 0 Å². The fourth-order valence-electron chi connectivity index (χ4n) is 0.677. The van der Waals surface area contributed by atoms with Crippen LogP contribution in [0, 0.1) is 6.92 Å². The zero-order chi connectivity index (χ0) is 7.72. The van der Waals surface area contributed by atoms with Crippen LogP contribution in [0.2, 0.25) is 0 Å². The Bertz CT molecular complexity index is 245. The van der Waals surface area contributed by atoms with Crippen LogP contribution in [-0.4, -0.2) is 9.67 Å². The summed E-state index contributed by atoms with van der Waals surface area (Å²) in [6.45, 7) is 2.03. The van der Waals surface area contributed by atoms with Gasteiger partial charge in [0.2, 0.25) is 0 Å². The summed E-state index contributed by atoms with van der Waals surface area (Å²) in [6.07, 6.45) is 0. The van der Waals surface area contributed by atoms with Gasteiger partial charge < -0.3 is 0 Å². The first-order valence-corrected chi connectivity index (χ1v) is 5.29. The van der Waals surface area contributed by atoms with Crippen molar-refractivity contribution in [1.82, 2.24) is 9.67 Å². The molecule has 60 valence electrons. The van der Waals surface area contributed by atoms with Crippen molar-refractivity contribution in [3.05, 3.63) is 5.82 Å². The summed E-state index contributed by atoms with van der Waals surface area (Å²) < 4.78 is 3.88. The molecule has 10 heavy (non-hydrogen) atoms. The van der Waals surface area contributed by atoms with Crippen molar-refractivity contribution in [3.8, 4) is 0 Å². The zero-order valence-corrected chi connectivity index (χ0v) is 8.35. The molecule has 1 rings (SSSR count). The molecule has 0 bridgehead atoms. The number of aromatic nitrogens is 3. The number of aryl methyl sites for hydroxylation is 1. The Kier molecular flexibility index (Phi) is 2.57. The van der Waals surface area contributed by atoms with Crippen molar-refractivity contribution >= 4 is 9.23 Å². The van der Waals surface area contributed by atoms with E-state index in [4.69, 9.17) is 0 Å². The van der Waals surface area contributed by atoms with Gasteiger partial charge in [0.05, 0.1) is 0 Å². The van der Waals surface area contributed by atoms with Crippen molar-refractivity contribution in [1.29, 1.82) is 0 Å². The molecule has 0 saturated carbocycles. The summed E-state index contributed by atoms with van der Waals surface area (Å²) >= 11 is 3.29. The van der Waals surface area contributed by atoms with Crippen molar-refractivity contribution in [3.63, 3.8) is 0 Å². The Morgan fingerprint density at radius 1 is 1.70 bits per heavy atom. The molecule has 1 heterocycles. The van der Waals surface area contributed by atoms with E-state index >= 15 is 0 Å². The summed E-state index contributed by atoms with van der Waals surface area (Å²) in [5, 5.41) is 5.19. The van der Waals surface area contributed by atoms with E-state index in [9.17, 15) is 0 Å². The molecular formula is C5H9AgN3S+. The van der Waals surface area contributed by atoms with Gasteiger partial charge in [-0.3, -0.25) is 0 Å². The first kappa shape index (κ1) is 8.33. The van der Waals surface area contributed by atoms with E-state index in [0.717, 1.165) is 11.0 Å². The van der Waals surface area contributed by atoms with Gasteiger partial charge in [0.15, 0.2) is 0 Å². The predicted octanol–water partition coefficient (Wildman–Crippen LogP) is 0.107. The molecule has 0 spiro atoms. The Morgan fingerprint density at radius 2 is 2.30 bits per heavy atom. The summed E-state index contributed by atoms with van der Waals surface area (Å²) in [6, 6.07) is 0. The summed E-state index contributed by atoms with van der Waals surface area (Å²) in [7, 11) is 5.40. The molecule has 0 aromatic carbocycles. The van der Waals surface area contributed by atoms with Crippen molar-refractivity contribution < 1.29 is 24.4 Å².